The Morgan fingerprint density at radius 1 is 1.11 bits per heavy atom. The molecule has 96 valence electrons. The molecule has 0 aliphatic heterocycles. The highest BCUT2D eigenvalue weighted by atomic mass is 16.2. The fraction of sp³-hybridized carbons (Fsp3) is 0.385. The number of benzene rings is 1. The van der Waals surface area contributed by atoms with Crippen LogP contribution in [0.3, 0.4) is 0 Å². The van der Waals surface area contributed by atoms with E-state index in [0.717, 1.165) is 18.7 Å². The van der Waals surface area contributed by atoms with Gasteiger partial charge in [-0.2, -0.15) is 0 Å². The quantitative estimate of drug-likeness (QED) is 0.719. The third-order valence-electron chi connectivity index (χ3n) is 2.77. The lowest BCUT2D eigenvalue weighted by Gasteiger charge is -2.08. The molecule has 0 atom stereocenters. The fourth-order valence-corrected chi connectivity index (χ4v) is 1.73. The Labute approximate surface area is 104 Å². The molecule has 0 spiro atoms. The molecule has 2 aromatic rings. The summed E-state index contributed by atoms with van der Waals surface area (Å²) in [7, 11) is 0. The molecule has 2 rings (SSSR count). The summed E-state index contributed by atoms with van der Waals surface area (Å²) >= 11 is 0. The van der Waals surface area contributed by atoms with Crippen molar-refractivity contribution in [3.05, 3.63) is 38.9 Å². The van der Waals surface area contributed by atoms with Crippen molar-refractivity contribution in [3.63, 3.8) is 0 Å². The van der Waals surface area contributed by atoms with Crippen LogP contribution in [0.2, 0.25) is 0 Å². The molecule has 0 saturated carbocycles. The highest BCUT2D eigenvalue weighted by molar-refractivity contribution is 5.78. The van der Waals surface area contributed by atoms with Gasteiger partial charge in [0.2, 0.25) is 0 Å². The lowest BCUT2D eigenvalue weighted by molar-refractivity contribution is 0.607. The van der Waals surface area contributed by atoms with Crippen molar-refractivity contribution in [3.8, 4) is 0 Å². The smallest absolute Gasteiger partial charge is 0.314 e. The molecule has 0 aliphatic rings. The topological polar surface area (TPSA) is 77.8 Å². The van der Waals surface area contributed by atoms with E-state index < -0.39 is 11.1 Å². The first-order valence-electron chi connectivity index (χ1n) is 6.06. The Kier molecular flexibility index (Phi) is 3.50. The van der Waals surface area contributed by atoms with Gasteiger partial charge in [0.15, 0.2) is 0 Å². The Balaban J connectivity index is 2.24. The number of hydrogen-bond acceptors (Lipinski definition) is 3. The van der Waals surface area contributed by atoms with E-state index in [1.165, 1.54) is 0 Å². The standard InChI is InChI=1S/C13H17N3O2/c1-8(2)5-6-14-9-3-4-10-11(7-9)16-13(18)12(17)15-10/h3-4,7-8,14H,5-6H2,1-2H3,(H,15,17)(H,16,18). The zero-order chi connectivity index (χ0) is 13.1. The molecule has 0 radical (unpaired) electrons. The van der Waals surface area contributed by atoms with Crippen LogP contribution in [0.1, 0.15) is 20.3 Å². The summed E-state index contributed by atoms with van der Waals surface area (Å²) in [6.07, 6.45) is 1.08. The van der Waals surface area contributed by atoms with Crippen LogP contribution >= 0.6 is 0 Å². The van der Waals surface area contributed by atoms with Crippen molar-refractivity contribution in [2.45, 2.75) is 20.3 Å². The van der Waals surface area contributed by atoms with E-state index in [-0.39, 0.29) is 0 Å². The van der Waals surface area contributed by atoms with Crippen molar-refractivity contribution in [2.24, 2.45) is 5.92 Å². The van der Waals surface area contributed by atoms with E-state index in [4.69, 9.17) is 0 Å². The minimum atomic E-state index is -0.623. The largest absolute Gasteiger partial charge is 0.385 e. The second-order valence-electron chi connectivity index (χ2n) is 4.78. The zero-order valence-corrected chi connectivity index (χ0v) is 10.5. The minimum absolute atomic E-state index is 0.622. The third-order valence-corrected chi connectivity index (χ3v) is 2.77. The molecule has 5 heteroatoms. The van der Waals surface area contributed by atoms with Gasteiger partial charge in [-0.3, -0.25) is 9.59 Å². The van der Waals surface area contributed by atoms with Crippen LogP contribution < -0.4 is 16.4 Å². The van der Waals surface area contributed by atoms with Gasteiger partial charge in [0.25, 0.3) is 0 Å². The number of fused-ring (bicyclic) bond motifs is 1. The normalized spacial score (nSPS) is 11.1. The van der Waals surface area contributed by atoms with Gasteiger partial charge in [-0.15, -0.1) is 0 Å². The number of anilines is 1. The first-order valence-corrected chi connectivity index (χ1v) is 6.06. The molecule has 18 heavy (non-hydrogen) atoms. The number of aromatic nitrogens is 2. The summed E-state index contributed by atoms with van der Waals surface area (Å²) in [5, 5.41) is 3.29. The molecule has 3 N–H and O–H groups in total. The molecule has 0 aliphatic carbocycles. The number of H-pyrrole nitrogens is 2. The Hall–Kier alpha value is -2.04. The molecule has 1 heterocycles. The van der Waals surface area contributed by atoms with Crippen LogP contribution in [-0.2, 0) is 0 Å². The second-order valence-corrected chi connectivity index (χ2v) is 4.78. The van der Waals surface area contributed by atoms with Gasteiger partial charge in [0.05, 0.1) is 11.0 Å². The molecule has 0 bridgehead atoms. The van der Waals surface area contributed by atoms with Gasteiger partial charge in [-0.25, -0.2) is 0 Å². The van der Waals surface area contributed by atoms with Crippen molar-refractivity contribution < 1.29 is 0 Å². The average Bonchev–Trinajstić information content (AvgIpc) is 2.30. The molecule has 0 amide bonds. The van der Waals surface area contributed by atoms with Crippen LogP contribution in [0.15, 0.2) is 27.8 Å². The third kappa shape index (κ3) is 2.80. The van der Waals surface area contributed by atoms with Crippen molar-refractivity contribution in [1.29, 1.82) is 0 Å². The monoisotopic (exact) mass is 247 g/mol. The van der Waals surface area contributed by atoms with Gasteiger partial charge in [0.1, 0.15) is 0 Å². The predicted octanol–water partition coefficient (Wildman–Crippen LogP) is 1.67. The summed E-state index contributed by atoms with van der Waals surface area (Å²) in [4.78, 5) is 27.5. The van der Waals surface area contributed by atoms with Crippen LogP contribution in [-0.4, -0.2) is 16.5 Å². The number of rotatable bonds is 4. The highest BCUT2D eigenvalue weighted by Gasteiger charge is 2.01. The van der Waals surface area contributed by atoms with Gasteiger partial charge in [0, 0.05) is 12.2 Å². The lowest BCUT2D eigenvalue weighted by atomic mass is 10.1. The first kappa shape index (κ1) is 12.4. The fourth-order valence-electron chi connectivity index (χ4n) is 1.73. The summed E-state index contributed by atoms with van der Waals surface area (Å²) in [6, 6.07) is 5.49. The minimum Gasteiger partial charge on any atom is -0.385 e. The number of nitrogens with one attached hydrogen (secondary N) is 3. The zero-order valence-electron chi connectivity index (χ0n) is 10.5. The summed E-state index contributed by atoms with van der Waals surface area (Å²) in [5.41, 5.74) is 0.957. The van der Waals surface area contributed by atoms with E-state index in [2.05, 4.69) is 29.1 Å². The van der Waals surface area contributed by atoms with Gasteiger partial charge >= 0.3 is 11.1 Å². The van der Waals surface area contributed by atoms with E-state index in [0.29, 0.717) is 17.0 Å². The van der Waals surface area contributed by atoms with Crippen LogP contribution in [0.4, 0.5) is 5.69 Å². The highest BCUT2D eigenvalue weighted by Crippen LogP contribution is 2.14. The summed E-state index contributed by atoms with van der Waals surface area (Å²) in [6.45, 7) is 5.23. The van der Waals surface area contributed by atoms with Gasteiger partial charge in [-0.05, 0) is 30.5 Å². The average molecular weight is 247 g/mol. The molecule has 0 saturated heterocycles. The Morgan fingerprint density at radius 3 is 2.44 bits per heavy atom. The molecule has 1 aromatic heterocycles. The van der Waals surface area contributed by atoms with Gasteiger partial charge < -0.3 is 15.3 Å². The summed E-state index contributed by atoms with van der Waals surface area (Å²) < 4.78 is 0. The second kappa shape index (κ2) is 5.08. The van der Waals surface area contributed by atoms with Crippen molar-refractivity contribution >= 4 is 16.7 Å². The van der Waals surface area contributed by atoms with Crippen LogP contribution in [0, 0.1) is 5.92 Å². The maximum absolute atomic E-state index is 11.2. The molecule has 5 nitrogen and oxygen atoms in total. The number of aromatic amines is 2. The molecule has 0 unspecified atom stereocenters. The molecule has 0 fully saturated rings. The van der Waals surface area contributed by atoms with Crippen LogP contribution in [0.5, 0.6) is 0 Å². The lowest BCUT2D eigenvalue weighted by Crippen LogP contribution is -2.28. The molecular formula is C13H17N3O2. The maximum Gasteiger partial charge on any atom is 0.314 e. The van der Waals surface area contributed by atoms with E-state index in [1.807, 2.05) is 12.1 Å². The molecule has 1 aromatic carbocycles. The SMILES string of the molecule is CC(C)CCNc1ccc2[nH]c(=O)c(=O)[nH]c2c1. The Bertz CT molecular complexity index is 655. The summed E-state index contributed by atoms with van der Waals surface area (Å²) in [5.74, 6) is 0.647. The first-order chi connectivity index (χ1) is 8.56. The predicted molar refractivity (Wildman–Crippen MR) is 73.1 cm³/mol. The van der Waals surface area contributed by atoms with Crippen molar-refractivity contribution in [2.75, 3.05) is 11.9 Å². The maximum atomic E-state index is 11.2. The van der Waals surface area contributed by atoms with E-state index in [1.54, 1.807) is 6.07 Å². The number of hydrogen-bond donors (Lipinski definition) is 3. The van der Waals surface area contributed by atoms with Gasteiger partial charge in [-0.1, -0.05) is 13.8 Å². The Morgan fingerprint density at radius 2 is 1.78 bits per heavy atom. The van der Waals surface area contributed by atoms with E-state index in [9.17, 15) is 9.59 Å². The van der Waals surface area contributed by atoms with Crippen LogP contribution in [0.25, 0.3) is 11.0 Å². The van der Waals surface area contributed by atoms with Crippen molar-refractivity contribution in [1.82, 2.24) is 9.97 Å². The molecular weight excluding hydrogens is 230 g/mol. The van der Waals surface area contributed by atoms with E-state index >= 15 is 0 Å².